The van der Waals surface area contributed by atoms with Gasteiger partial charge in [-0.2, -0.15) is 4.98 Å². The number of nitrogens with zero attached hydrogens (tertiary/aromatic N) is 3. The van der Waals surface area contributed by atoms with Crippen molar-refractivity contribution in [2.75, 3.05) is 6.54 Å². The average molecular weight is 368 g/mol. The molecule has 2 aromatic carbocycles. The van der Waals surface area contributed by atoms with E-state index in [4.69, 9.17) is 16.1 Å². The fourth-order valence-corrected chi connectivity index (χ4v) is 3.45. The van der Waals surface area contributed by atoms with Gasteiger partial charge >= 0.3 is 0 Å². The summed E-state index contributed by atoms with van der Waals surface area (Å²) in [6, 6.07) is 14.7. The van der Waals surface area contributed by atoms with Crippen LogP contribution in [0, 0.1) is 6.92 Å². The molecule has 1 amide bonds. The summed E-state index contributed by atoms with van der Waals surface area (Å²) in [6.07, 6.45) is 1.74. The first-order valence-electron chi connectivity index (χ1n) is 8.59. The number of hydrogen-bond acceptors (Lipinski definition) is 4. The molecule has 5 nitrogen and oxygen atoms in total. The summed E-state index contributed by atoms with van der Waals surface area (Å²) in [5.74, 6) is 0.998. The number of carbonyl (C=O) groups is 1. The predicted molar refractivity (Wildman–Crippen MR) is 98.9 cm³/mol. The van der Waals surface area contributed by atoms with E-state index in [0.29, 0.717) is 23.3 Å². The summed E-state index contributed by atoms with van der Waals surface area (Å²) in [5.41, 5.74) is 2.52. The lowest BCUT2D eigenvalue weighted by Gasteiger charge is -2.22. The molecule has 0 radical (unpaired) electrons. The van der Waals surface area contributed by atoms with Crippen LogP contribution in [0.25, 0.3) is 11.4 Å². The van der Waals surface area contributed by atoms with Gasteiger partial charge in [-0.15, -0.1) is 0 Å². The summed E-state index contributed by atoms with van der Waals surface area (Å²) < 4.78 is 5.49. The molecular weight excluding hydrogens is 350 g/mol. The van der Waals surface area contributed by atoms with E-state index in [0.717, 1.165) is 29.5 Å². The Morgan fingerprint density at radius 1 is 1.19 bits per heavy atom. The zero-order valence-corrected chi connectivity index (χ0v) is 15.1. The van der Waals surface area contributed by atoms with Crippen LogP contribution in [0.3, 0.4) is 0 Å². The number of halogens is 1. The van der Waals surface area contributed by atoms with Gasteiger partial charge in [0.1, 0.15) is 6.04 Å². The minimum atomic E-state index is -0.185. The molecule has 0 N–H and O–H groups in total. The Labute approximate surface area is 156 Å². The number of hydrogen-bond donors (Lipinski definition) is 0. The highest BCUT2D eigenvalue weighted by atomic mass is 35.5. The van der Waals surface area contributed by atoms with Gasteiger partial charge in [-0.1, -0.05) is 35.0 Å². The lowest BCUT2D eigenvalue weighted by Crippen LogP contribution is -2.31. The normalized spacial score (nSPS) is 16.8. The third-order valence-electron chi connectivity index (χ3n) is 4.72. The van der Waals surface area contributed by atoms with Crippen LogP contribution in [0.2, 0.25) is 5.02 Å². The predicted octanol–water partition coefficient (Wildman–Crippen LogP) is 4.68. The van der Waals surface area contributed by atoms with Gasteiger partial charge in [0.15, 0.2) is 0 Å². The van der Waals surface area contributed by atoms with Gasteiger partial charge in [-0.25, -0.2) is 0 Å². The van der Waals surface area contributed by atoms with E-state index in [1.165, 1.54) is 0 Å². The lowest BCUT2D eigenvalue weighted by molar-refractivity contribution is 0.0709. The SMILES string of the molecule is Cc1ccccc1C(=O)N1CCCC1c1nc(-c2ccc(Cl)cc2)no1. The van der Waals surface area contributed by atoms with Gasteiger partial charge < -0.3 is 9.42 Å². The minimum Gasteiger partial charge on any atom is -0.337 e. The summed E-state index contributed by atoms with van der Waals surface area (Å²) in [7, 11) is 0. The average Bonchev–Trinajstić information content (AvgIpc) is 3.31. The van der Waals surface area contributed by atoms with Gasteiger partial charge in [0, 0.05) is 22.7 Å². The van der Waals surface area contributed by atoms with Crippen LogP contribution in [0.4, 0.5) is 0 Å². The van der Waals surface area contributed by atoms with E-state index >= 15 is 0 Å². The zero-order chi connectivity index (χ0) is 18.1. The van der Waals surface area contributed by atoms with Crippen LogP contribution in [0.1, 0.15) is 40.7 Å². The largest absolute Gasteiger partial charge is 0.337 e. The molecule has 0 bridgehead atoms. The second kappa shape index (κ2) is 6.92. The third kappa shape index (κ3) is 3.10. The molecule has 1 saturated heterocycles. The third-order valence-corrected chi connectivity index (χ3v) is 4.97. The molecule has 1 aliphatic heterocycles. The molecule has 1 fully saturated rings. The molecule has 0 saturated carbocycles. The maximum atomic E-state index is 13.0. The first-order valence-corrected chi connectivity index (χ1v) is 8.97. The standard InChI is InChI=1S/C20H18ClN3O2/c1-13-5-2-3-6-16(13)20(25)24-12-4-7-17(24)19-22-18(23-26-19)14-8-10-15(21)11-9-14/h2-3,5-6,8-11,17H,4,7,12H2,1H3. The van der Waals surface area contributed by atoms with Crippen LogP contribution in [0.15, 0.2) is 53.1 Å². The van der Waals surface area contributed by atoms with Crippen LogP contribution < -0.4 is 0 Å². The Morgan fingerprint density at radius 2 is 1.96 bits per heavy atom. The van der Waals surface area contributed by atoms with Gasteiger partial charge in [-0.05, 0) is 55.7 Å². The minimum absolute atomic E-state index is 0.0110. The van der Waals surface area contributed by atoms with E-state index in [9.17, 15) is 4.79 Å². The maximum Gasteiger partial charge on any atom is 0.254 e. The van der Waals surface area contributed by atoms with Gasteiger partial charge in [0.2, 0.25) is 11.7 Å². The van der Waals surface area contributed by atoms with E-state index in [1.54, 1.807) is 12.1 Å². The van der Waals surface area contributed by atoms with Crippen LogP contribution >= 0.6 is 11.6 Å². The van der Waals surface area contributed by atoms with E-state index in [1.807, 2.05) is 48.2 Å². The molecule has 1 aromatic heterocycles. The van der Waals surface area contributed by atoms with Crippen molar-refractivity contribution < 1.29 is 9.32 Å². The molecule has 4 rings (SSSR count). The fraction of sp³-hybridized carbons (Fsp3) is 0.250. The van der Waals surface area contributed by atoms with Crippen molar-refractivity contribution >= 4 is 17.5 Å². The highest BCUT2D eigenvalue weighted by Gasteiger charge is 2.35. The number of aromatic nitrogens is 2. The Kier molecular flexibility index (Phi) is 4.47. The number of carbonyl (C=O) groups excluding carboxylic acids is 1. The van der Waals surface area contributed by atoms with Gasteiger partial charge in [-0.3, -0.25) is 4.79 Å². The van der Waals surface area contributed by atoms with Crippen molar-refractivity contribution in [1.82, 2.24) is 15.0 Å². The summed E-state index contributed by atoms with van der Waals surface area (Å²) in [5, 5.41) is 4.73. The fourth-order valence-electron chi connectivity index (χ4n) is 3.32. The quantitative estimate of drug-likeness (QED) is 0.674. The molecular formula is C20H18ClN3O2. The van der Waals surface area contributed by atoms with Crippen molar-refractivity contribution in [1.29, 1.82) is 0 Å². The Balaban J connectivity index is 1.60. The van der Waals surface area contributed by atoms with Gasteiger partial charge in [0.05, 0.1) is 0 Å². The highest BCUT2D eigenvalue weighted by Crippen LogP contribution is 2.33. The number of likely N-dealkylation sites (tertiary alicyclic amines) is 1. The molecule has 0 aliphatic carbocycles. The van der Waals surface area contributed by atoms with Crippen molar-refractivity contribution in [3.05, 3.63) is 70.6 Å². The van der Waals surface area contributed by atoms with Crippen molar-refractivity contribution in [3.63, 3.8) is 0 Å². The lowest BCUT2D eigenvalue weighted by atomic mass is 10.1. The van der Waals surface area contributed by atoms with Crippen LogP contribution in [-0.4, -0.2) is 27.5 Å². The number of amides is 1. The molecule has 2 heterocycles. The van der Waals surface area contributed by atoms with Crippen molar-refractivity contribution in [2.45, 2.75) is 25.8 Å². The molecule has 26 heavy (non-hydrogen) atoms. The topological polar surface area (TPSA) is 59.2 Å². The smallest absolute Gasteiger partial charge is 0.254 e. The second-order valence-electron chi connectivity index (χ2n) is 6.43. The summed E-state index contributed by atoms with van der Waals surface area (Å²) >= 11 is 5.92. The Morgan fingerprint density at radius 3 is 2.73 bits per heavy atom. The molecule has 6 heteroatoms. The van der Waals surface area contributed by atoms with E-state index in [2.05, 4.69) is 10.1 Å². The Bertz CT molecular complexity index is 936. The summed E-state index contributed by atoms with van der Waals surface area (Å²) in [4.78, 5) is 19.3. The van der Waals surface area contributed by atoms with Crippen LogP contribution in [0.5, 0.6) is 0 Å². The van der Waals surface area contributed by atoms with Crippen molar-refractivity contribution in [2.24, 2.45) is 0 Å². The number of benzene rings is 2. The van der Waals surface area contributed by atoms with E-state index < -0.39 is 0 Å². The van der Waals surface area contributed by atoms with Crippen molar-refractivity contribution in [3.8, 4) is 11.4 Å². The first-order chi connectivity index (χ1) is 12.6. The number of aryl methyl sites for hydroxylation is 1. The second-order valence-corrected chi connectivity index (χ2v) is 6.87. The van der Waals surface area contributed by atoms with Gasteiger partial charge in [0.25, 0.3) is 5.91 Å². The molecule has 1 atom stereocenters. The zero-order valence-electron chi connectivity index (χ0n) is 14.4. The summed E-state index contributed by atoms with van der Waals surface area (Å²) in [6.45, 7) is 2.64. The maximum absolute atomic E-state index is 13.0. The highest BCUT2D eigenvalue weighted by molar-refractivity contribution is 6.30. The number of rotatable bonds is 3. The molecule has 3 aromatic rings. The molecule has 1 unspecified atom stereocenters. The molecule has 0 spiro atoms. The monoisotopic (exact) mass is 367 g/mol. The van der Waals surface area contributed by atoms with Crippen LogP contribution in [-0.2, 0) is 0 Å². The first kappa shape index (κ1) is 16.8. The molecule has 1 aliphatic rings. The Hall–Kier alpha value is -2.66. The van der Waals surface area contributed by atoms with E-state index in [-0.39, 0.29) is 11.9 Å². The molecule has 132 valence electrons.